The number of nitrogens with two attached hydrogens (primary N) is 1. The van der Waals surface area contributed by atoms with Crippen LogP contribution in [0.4, 0.5) is 0 Å². The lowest BCUT2D eigenvalue weighted by Gasteiger charge is -1.74. The monoisotopic (exact) mass is 109 g/mol. The fraction of sp³-hybridized carbons (Fsp3) is 0. The van der Waals surface area contributed by atoms with Crippen LogP contribution in [0.5, 0.6) is 0 Å². The van der Waals surface area contributed by atoms with Gasteiger partial charge in [-0.1, -0.05) is 0 Å². The average Bonchev–Trinajstić information content (AvgIpc) is 2.19. The van der Waals surface area contributed by atoms with E-state index in [4.69, 9.17) is 5.84 Å². The highest BCUT2D eigenvalue weighted by Gasteiger charge is 1.80. The molecule has 0 aliphatic heterocycles. The summed E-state index contributed by atoms with van der Waals surface area (Å²) in [5.74, 6) is 4.88. The standard InChI is InChI=1S/C5H7N3/c6-8-4-5-1-2-7-3-5/h1-4,7H,6H2/b8-4+. The third-order valence-corrected chi connectivity index (χ3v) is 0.846. The van der Waals surface area contributed by atoms with Crippen LogP contribution in [0.25, 0.3) is 0 Å². The topological polar surface area (TPSA) is 54.2 Å². The van der Waals surface area contributed by atoms with Crippen LogP contribution >= 0.6 is 0 Å². The molecule has 0 unspecified atom stereocenters. The Bertz CT molecular complexity index is 164. The van der Waals surface area contributed by atoms with E-state index in [0.29, 0.717) is 0 Å². The Morgan fingerprint density at radius 1 is 1.75 bits per heavy atom. The predicted octanol–water partition coefficient (Wildman–Crippen LogP) is 0.307. The van der Waals surface area contributed by atoms with Crippen LogP contribution in [0.15, 0.2) is 23.6 Å². The minimum atomic E-state index is 0.993. The van der Waals surface area contributed by atoms with Crippen molar-refractivity contribution in [1.82, 2.24) is 4.98 Å². The van der Waals surface area contributed by atoms with E-state index in [1.54, 1.807) is 6.21 Å². The molecule has 3 heteroatoms. The van der Waals surface area contributed by atoms with Crippen molar-refractivity contribution in [2.75, 3.05) is 0 Å². The van der Waals surface area contributed by atoms with Crippen molar-refractivity contribution in [2.24, 2.45) is 10.9 Å². The second kappa shape index (κ2) is 2.16. The third kappa shape index (κ3) is 0.872. The summed E-state index contributed by atoms with van der Waals surface area (Å²) in [6, 6.07) is 1.89. The minimum absolute atomic E-state index is 0.993. The van der Waals surface area contributed by atoms with Crippen molar-refractivity contribution >= 4 is 6.21 Å². The Labute approximate surface area is 47.2 Å². The van der Waals surface area contributed by atoms with Crippen LogP contribution in [0.2, 0.25) is 0 Å². The number of rotatable bonds is 1. The number of aromatic amines is 1. The van der Waals surface area contributed by atoms with Gasteiger partial charge in [-0.3, -0.25) is 0 Å². The molecule has 0 bridgehead atoms. The van der Waals surface area contributed by atoms with E-state index in [2.05, 4.69) is 10.1 Å². The molecular weight excluding hydrogens is 102 g/mol. The molecule has 0 aromatic carbocycles. The van der Waals surface area contributed by atoms with Crippen LogP contribution in [-0.2, 0) is 0 Å². The van der Waals surface area contributed by atoms with Crippen molar-refractivity contribution in [3.63, 3.8) is 0 Å². The first-order chi connectivity index (χ1) is 3.93. The highest BCUT2D eigenvalue weighted by Crippen LogP contribution is 1.88. The van der Waals surface area contributed by atoms with Crippen LogP contribution < -0.4 is 5.84 Å². The molecule has 0 saturated heterocycles. The average molecular weight is 109 g/mol. The highest BCUT2D eigenvalue weighted by molar-refractivity contribution is 5.78. The highest BCUT2D eigenvalue weighted by atomic mass is 15.1. The molecule has 0 aliphatic carbocycles. The van der Waals surface area contributed by atoms with Crippen LogP contribution in [-0.4, -0.2) is 11.2 Å². The van der Waals surface area contributed by atoms with Crippen LogP contribution in [0.1, 0.15) is 5.56 Å². The summed E-state index contributed by atoms with van der Waals surface area (Å²) in [7, 11) is 0. The first-order valence-electron chi connectivity index (χ1n) is 2.29. The van der Waals surface area contributed by atoms with Gasteiger partial charge in [0.2, 0.25) is 0 Å². The van der Waals surface area contributed by atoms with Gasteiger partial charge in [0.05, 0.1) is 6.21 Å². The fourth-order valence-corrected chi connectivity index (χ4v) is 0.503. The Morgan fingerprint density at radius 3 is 3.12 bits per heavy atom. The molecule has 0 aliphatic rings. The molecule has 1 aromatic rings. The zero-order chi connectivity index (χ0) is 5.82. The Balaban J connectivity index is 2.77. The molecule has 8 heavy (non-hydrogen) atoms. The molecule has 0 amide bonds. The summed E-state index contributed by atoms with van der Waals surface area (Å²) >= 11 is 0. The van der Waals surface area contributed by atoms with Crippen molar-refractivity contribution < 1.29 is 0 Å². The number of nitrogens with one attached hydrogen (secondary N) is 1. The second-order valence-electron chi connectivity index (χ2n) is 1.42. The summed E-state index contributed by atoms with van der Waals surface area (Å²) in [6.07, 6.45) is 5.21. The van der Waals surface area contributed by atoms with E-state index < -0.39 is 0 Å². The molecular formula is C5H7N3. The molecule has 1 rings (SSSR count). The van der Waals surface area contributed by atoms with Crippen LogP contribution in [0.3, 0.4) is 0 Å². The summed E-state index contributed by atoms with van der Waals surface area (Å²) < 4.78 is 0. The normalized spacial score (nSPS) is 10.5. The largest absolute Gasteiger partial charge is 0.367 e. The molecule has 3 nitrogen and oxygen atoms in total. The first kappa shape index (κ1) is 4.90. The lowest BCUT2D eigenvalue weighted by molar-refractivity contribution is 1.26. The SMILES string of the molecule is N/N=C/c1cc[nH]c1. The van der Waals surface area contributed by atoms with Gasteiger partial charge in [0.15, 0.2) is 0 Å². The molecule has 0 spiro atoms. The summed E-state index contributed by atoms with van der Waals surface area (Å²) in [5, 5.41) is 3.33. The lowest BCUT2D eigenvalue weighted by Crippen LogP contribution is -1.81. The van der Waals surface area contributed by atoms with E-state index in [-0.39, 0.29) is 0 Å². The maximum absolute atomic E-state index is 4.88. The predicted molar refractivity (Wildman–Crippen MR) is 32.6 cm³/mol. The lowest BCUT2D eigenvalue weighted by atomic mass is 10.4. The van der Waals surface area contributed by atoms with Gasteiger partial charge < -0.3 is 10.8 Å². The number of aromatic nitrogens is 1. The van der Waals surface area contributed by atoms with Gasteiger partial charge in [-0.25, -0.2) is 0 Å². The number of nitrogens with zero attached hydrogens (tertiary/aromatic N) is 1. The van der Waals surface area contributed by atoms with Crippen molar-refractivity contribution in [2.45, 2.75) is 0 Å². The van der Waals surface area contributed by atoms with E-state index in [1.807, 2.05) is 18.5 Å². The van der Waals surface area contributed by atoms with Crippen molar-refractivity contribution in [3.05, 3.63) is 24.0 Å². The van der Waals surface area contributed by atoms with Gasteiger partial charge in [-0.15, -0.1) is 0 Å². The number of hydrogen-bond donors (Lipinski definition) is 2. The quantitative estimate of drug-likeness (QED) is 0.304. The fourth-order valence-electron chi connectivity index (χ4n) is 0.503. The third-order valence-electron chi connectivity index (χ3n) is 0.846. The van der Waals surface area contributed by atoms with Gasteiger partial charge in [-0.05, 0) is 6.07 Å². The second-order valence-corrected chi connectivity index (χ2v) is 1.42. The van der Waals surface area contributed by atoms with Gasteiger partial charge in [-0.2, -0.15) is 5.10 Å². The van der Waals surface area contributed by atoms with E-state index in [1.165, 1.54) is 0 Å². The maximum atomic E-state index is 4.88. The molecule has 1 aromatic heterocycles. The summed E-state index contributed by atoms with van der Waals surface area (Å²) in [4.78, 5) is 2.87. The molecule has 0 atom stereocenters. The Hall–Kier alpha value is -1.25. The molecule has 1 heterocycles. The number of H-pyrrole nitrogens is 1. The molecule has 0 radical (unpaired) electrons. The zero-order valence-corrected chi connectivity index (χ0v) is 4.33. The molecule has 0 fully saturated rings. The minimum Gasteiger partial charge on any atom is -0.367 e. The van der Waals surface area contributed by atoms with Gasteiger partial charge in [0.1, 0.15) is 0 Å². The number of hydrogen-bond acceptors (Lipinski definition) is 2. The van der Waals surface area contributed by atoms with E-state index in [9.17, 15) is 0 Å². The number of hydrazone groups is 1. The maximum Gasteiger partial charge on any atom is 0.0553 e. The van der Waals surface area contributed by atoms with Crippen molar-refractivity contribution in [3.8, 4) is 0 Å². The zero-order valence-electron chi connectivity index (χ0n) is 4.33. The summed E-state index contributed by atoms with van der Waals surface area (Å²) in [5.41, 5.74) is 0.993. The molecule has 42 valence electrons. The molecule has 3 N–H and O–H groups in total. The van der Waals surface area contributed by atoms with Gasteiger partial charge in [0, 0.05) is 18.0 Å². The summed E-state index contributed by atoms with van der Waals surface area (Å²) in [6.45, 7) is 0. The first-order valence-corrected chi connectivity index (χ1v) is 2.29. The molecule has 0 saturated carbocycles. The Morgan fingerprint density at radius 2 is 2.62 bits per heavy atom. The van der Waals surface area contributed by atoms with Gasteiger partial charge >= 0.3 is 0 Å². The van der Waals surface area contributed by atoms with E-state index >= 15 is 0 Å². The van der Waals surface area contributed by atoms with Crippen LogP contribution in [0, 0.1) is 0 Å². The van der Waals surface area contributed by atoms with Crippen molar-refractivity contribution in [1.29, 1.82) is 0 Å². The van der Waals surface area contributed by atoms with E-state index in [0.717, 1.165) is 5.56 Å². The smallest absolute Gasteiger partial charge is 0.0553 e. The van der Waals surface area contributed by atoms with Gasteiger partial charge in [0.25, 0.3) is 0 Å². The Kier molecular flexibility index (Phi) is 1.32.